The molecule has 4 nitrogen and oxygen atoms in total. The van der Waals surface area contributed by atoms with Gasteiger partial charge in [-0.2, -0.15) is 5.10 Å². The molecule has 2 N–H and O–H groups in total. The van der Waals surface area contributed by atoms with E-state index >= 15 is 0 Å². The molecule has 0 aliphatic rings. The highest BCUT2D eigenvalue weighted by Gasteiger charge is 2.20. The Bertz CT molecular complexity index is 603. The van der Waals surface area contributed by atoms with Gasteiger partial charge in [0.15, 0.2) is 0 Å². The molecule has 0 fully saturated rings. The van der Waals surface area contributed by atoms with Crippen molar-refractivity contribution in [1.29, 1.82) is 0 Å². The molecule has 0 saturated heterocycles. The van der Waals surface area contributed by atoms with Gasteiger partial charge in [0.2, 0.25) is 0 Å². The molecule has 0 aliphatic heterocycles. The van der Waals surface area contributed by atoms with E-state index in [1.54, 1.807) is 18.0 Å². The molecule has 108 valence electrons. The Morgan fingerprint density at radius 2 is 2.20 bits per heavy atom. The fraction of sp³-hybridized carbons (Fsp3) is 0.308. The maximum absolute atomic E-state index is 6.35. The minimum absolute atomic E-state index is 0.382. The third-order valence-electron chi connectivity index (χ3n) is 2.93. The lowest BCUT2D eigenvalue weighted by Crippen LogP contribution is -2.20. The van der Waals surface area contributed by atoms with Gasteiger partial charge < -0.3 is 10.5 Å². The summed E-state index contributed by atoms with van der Waals surface area (Å²) in [6.45, 7) is 1.15. The minimum atomic E-state index is -0.382. The van der Waals surface area contributed by atoms with Gasteiger partial charge in [-0.1, -0.05) is 23.2 Å². The number of nitrogens with two attached hydrogens (primary N) is 1. The van der Waals surface area contributed by atoms with Crippen LogP contribution in [0.3, 0.4) is 0 Å². The molecule has 0 aliphatic carbocycles. The number of halogens is 3. The predicted molar refractivity (Wildman–Crippen MR) is 89.3 cm³/mol. The zero-order chi connectivity index (χ0) is 14.7. The molecule has 2 aromatic rings. The van der Waals surface area contributed by atoms with Gasteiger partial charge in [-0.15, -0.1) is 0 Å². The van der Waals surface area contributed by atoms with Gasteiger partial charge in [0.1, 0.15) is 0 Å². The number of hydrogen-bond donors (Lipinski definition) is 1. The first-order valence-electron chi connectivity index (χ1n) is 5.95. The normalized spacial score (nSPS) is 12.7. The van der Waals surface area contributed by atoms with Crippen LogP contribution in [0.1, 0.15) is 17.3 Å². The number of ether oxygens (including phenoxy) is 1. The first kappa shape index (κ1) is 16.0. The SMILES string of the molecule is COCCn1ncc(Cl)c1C(N)c1cc(Cl)ccc1I. The summed E-state index contributed by atoms with van der Waals surface area (Å²) in [7, 11) is 1.64. The number of nitrogens with zero attached hydrogens (tertiary/aromatic N) is 2. The van der Waals surface area contributed by atoms with Gasteiger partial charge in [0, 0.05) is 15.7 Å². The van der Waals surface area contributed by atoms with Crippen LogP contribution >= 0.6 is 45.8 Å². The summed E-state index contributed by atoms with van der Waals surface area (Å²) < 4.78 is 7.88. The number of hydrogen-bond acceptors (Lipinski definition) is 3. The Balaban J connectivity index is 2.39. The van der Waals surface area contributed by atoms with Crippen LogP contribution in [-0.2, 0) is 11.3 Å². The van der Waals surface area contributed by atoms with E-state index in [0.29, 0.717) is 23.2 Å². The second-order valence-electron chi connectivity index (χ2n) is 4.24. The summed E-state index contributed by atoms with van der Waals surface area (Å²) in [5.41, 5.74) is 8.05. The third-order valence-corrected chi connectivity index (χ3v) is 4.44. The molecule has 0 bridgehead atoms. The molecule has 1 heterocycles. The van der Waals surface area contributed by atoms with Crippen LogP contribution in [0.2, 0.25) is 10.0 Å². The van der Waals surface area contributed by atoms with E-state index in [-0.39, 0.29) is 6.04 Å². The maximum atomic E-state index is 6.35. The van der Waals surface area contributed by atoms with E-state index in [0.717, 1.165) is 14.8 Å². The number of aromatic nitrogens is 2. The quantitative estimate of drug-likeness (QED) is 0.746. The highest BCUT2D eigenvalue weighted by molar-refractivity contribution is 14.1. The number of methoxy groups -OCH3 is 1. The second kappa shape index (κ2) is 7.09. The van der Waals surface area contributed by atoms with Crippen molar-refractivity contribution in [1.82, 2.24) is 9.78 Å². The van der Waals surface area contributed by atoms with Crippen LogP contribution in [0.5, 0.6) is 0 Å². The monoisotopic (exact) mass is 425 g/mol. The topological polar surface area (TPSA) is 53.1 Å². The van der Waals surface area contributed by atoms with Crippen molar-refractivity contribution in [3.8, 4) is 0 Å². The fourth-order valence-corrected chi connectivity index (χ4v) is 3.05. The standard InChI is InChI=1S/C13H14Cl2IN3O/c1-20-5-4-19-13(10(15)7-18-19)12(17)9-6-8(14)2-3-11(9)16/h2-3,6-7,12H,4-5,17H2,1H3. The van der Waals surface area contributed by atoms with Gasteiger partial charge in [0.05, 0.1) is 36.1 Å². The van der Waals surface area contributed by atoms with Gasteiger partial charge in [-0.3, -0.25) is 4.68 Å². The van der Waals surface area contributed by atoms with E-state index in [9.17, 15) is 0 Å². The summed E-state index contributed by atoms with van der Waals surface area (Å²) in [5.74, 6) is 0. The largest absolute Gasteiger partial charge is 0.383 e. The number of benzene rings is 1. The molecule has 1 aromatic carbocycles. The van der Waals surface area contributed by atoms with Gasteiger partial charge in [-0.25, -0.2) is 0 Å². The smallest absolute Gasteiger partial charge is 0.0837 e. The molecular weight excluding hydrogens is 412 g/mol. The first-order valence-corrected chi connectivity index (χ1v) is 7.78. The zero-order valence-corrected chi connectivity index (χ0v) is 14.5. The van der Waals surface area contributed by atoms with Crippen LogP contribution < -0.4 is 5.73 Å². The molecule has 0 radical (unpaired) electrons. The van der Waals surface area contributed by atoms with Gasteiger partial charge in [0.25, 0.3) is 0 Å². The van der Waals surface area contributed by atoms with Crippen molar-refractivity contribution in [3.05, 3.63) is 49.3 Å². The average molecular weight is 426 g/mol. The Kier molecular flexibility index (Phi) is 5.68. The lowest BCUT2D eigenvalue weighted by atomic mass is 10.0. The van der Waals surface area contributed by atoms with E-state index in [4.69, 9.17) is 33.7 Å². The van der Waals surface area contributed by atoms with E-state index in [1.807, 2.05) is 18.2 Å². The van der Waals surface area contributed by atoms with Crippen LogP contribution in [0.25, 0.3) is 0 Å². The second-order valence-corrected chi connectivity index (χ2v) is 6.24. The zero-order valence-electron chi connectivity index (χ0n) is 10.8. The molecule has 1 atom stereocenters. The molecular formula is C13H14Cl2IN3O. The van der Waals surface area contributed by atoms with Crippen LogP contribution in [0, 0.1) is 3.57 Å². The molecule has 20 heavy (non-hydrogen) atoms. The van der Waals surface area contributed by atoms with Gasteiger partial charge >= 0.3 is 0 Å². The van der Waals surface area contributed by atoms with Crippen molar-refractivity contribution in [2.24, 2.45) is 5.73 Å². The molecule has 0 saturated carbocycles. The lowest BCUT2D eigenvalue weighted by molar-refractivity contribution is 0.182. The maximum Gasteiger partial charge on any atom is 0.0837 e. The predicted octanol–water partition coefficient (Wildman–Crippen LogP) is 3.49. The highest BCUT2D eigenvalue weighted by Crippen LogP contribution is 2.30. The first-order chi connectivity index (χ1) is 9.54. The summed E-state index contributed by atoms with van der Waals surface area (Å²) >= 11 is 14.5. The van der Waals surface area contributed by atoms with E-state index < -0.39 is 0 Å². The Hall–Kier alpha value is -0.340. The minimum Gasteiger partial charge on any atom is -0.383 e. The van der Waals surface area contributed by atoms with Crippen molar-refractivity contribution in [2.45, 2.75) is 12.6 Å². The van der Waals surface area contributed by atoms with E-state index in [1.165, 1.54) is 0 Å². The van der Waals surface area contributed by atoms with Crippen molar-refractivity contribution < 1.29 is 4.74 Å². The molecule has 1 aromatic heterocycles. The van der Waals surface area contributed by atoms with Crippen molar-refractivity contribution in [3.63, 3.8) is 0 Å². The Labute approximate surface area is 141 Å². The van der Waals surface area contributed by atoms with E-state index in [2.05, 4.69) is 27.7 Å². The fourth-order valence-electron chi connectivity index (χ4n) is 1.94. The molecule has 7 heteroatoms. The van der Waals surface area contributed by atoms with Crippen LogP contribution in [0.15, 0.2) is 24.4 Å². The molecule has 1 unspecified atom stereocenters. The summed E-state index contributed by atoms with van der Waals surface area (Å²) in [4.78, 5) is 0. The summed E-state index contributed by atoms with van der Waals surface area (Å²) in [6, 6.07) is 5.25. The van der Waals surface area contributed by atoms with Gasteiger partial charge in [-0.05, 0) is 46.4 Å². The summed E-state index contributed by atoms with van der Waals surface area (Å²) in [6.07, 6.45) is 1.60. The van der Waals surface area contributed by atoms with Crippen molar-refractivity contribution in [2.75, 3.05) is 13.7 Å². The third kappa shape index (κ3) is 3.46. The molecule has 2 rings (SSSR count). The van der Waals surface area contributed by atoms with Crippen LogP contribution in [0.4, 0.5) is 0 Å². The van der Waals surface area contributed by atoms with Crippen molar-refractivity contribution >= 4 is 45.8 Å². The number of rotatable bonds is 5. The average Bonchev–Trinajstić information content (AvgIpc) is 2.79. The Morgan fingerprint density at radius 1 is 1.45 bits per heavy atom. The molecule has 0 spiro atoms. The Morgan fingerprint density at radius 3 is 2.90 bits per heavy atom. The highest BCUT2D eigenvalue weighted by atomic mass is 127. The van der Waals surface area contributed by atoms with Crippen LogP contribution in [-0.4, -0.2) is 23.5 Å². The lowest BCUT2D eigenvalue weighted by Gasteiger charge is -2.17. The molecule has 0 amide bonds. The summed E-state index contributed by atoms with van der Waals surface area (Å²) in [5, 5.41) is 5.44.